The Morgan fingerprint density at radius 2 is 2.00 bits per heavy atom. The Morgan fingerprint density at radius 1 is 1.24 bits per heavy atom. The molecular formula is C12H21NO4. The number of aliphatic carboxylic acids is 1. The lowest BCUT2D eigenvalue weighted by molar-refractivity contribution is -0.137. The number of carboxylic acid groups (broad SMARTS) is 1. The molecule has 0 bridgehead atoms. The van der Waals surface area contributed by atoms with Crippen LogP contribution in [0.5, 0.6) is 0 Å². The predicted molar refractivity (Wildman–Crippen MR) is 62.7 cm³/mol. The Morgan fingerprint density at radius 3 is 2.65 bits per heavy atom. The van der Waals surface area contributed by atoms with Crippen LogP contribution in [0.1, 0.15) is 38.5 Å². The average molecular weight is 243 g/mol. The van der Waals surface area contributed by atoms with Gasteiger partial charge in [0.15, 0.2) is 0 Å². The second-order valence-corrected chi connectivity index (χ2v) is 4.51. The van der Waals surface area contributed by atoms with Crippen LogP contribution in [0.2, 0.25) is 0 Å². The zero-order chi connectivity index (χ0) is 12.5. The Kier molecular flexibility index (Phi) is 6.62. The number of unbranched alkanes of at least 4 members (excludes halogenated alkanes) is 2. The summed E-state index contributed by atoms with van der Waals surface area (Å²) in [7, 11) is 0. The minimum atomic E-state index is -0.762. The lowest BCUT2D eigenvalue weighted by atomic mass is 10.2. The molecule has 0 aromatic heterocycles. The smallest absolute Gasteiger partial charge is 0.303 e. The van der Waals surface area contributed by atoms with Gasteiger partial charge in [0.1, 0.15) is 6.61 Å². The van der Waals surface area contributed by atoms with Crippen LogP contribution in [0, 0.1) is 5.92 Å². The molecule has 1 aliphatic rings. The molecule has 0 aliphatic heterocycles. The molecule has 1 amide bonds. The maximum Gasteiger partial charge on any atom is 0.303 e. The van der Waals surface area contributed by atoms with Crippen LogP contribution < -0.4 is 5.32 Å². The Bertz CT molecular complexity index is 251. The lowest BCUT2D eigenvalue weighted by Gasteiger charge is -2.05. The molecule has 5 heteroatoms. The Labute approximate surface area is 102 Å². The van der Waals surface area contributed by atoms with Crippen molar-refractivity contribution in [1.29, 1.82) is 0 Å². The summed E-state index contributed by atoms with van der Waals surface area (Å²) in [5, 5.41) is 11.2. The number of hydrogen-bond donors (Lipinski definition) is 2. The number of rotatable bonds is 10. The summed E-state index contributed by atoms with van der Waals surface area (Å²) in [5.74, 6) is -0.162. The normalized spacial score (nSPS) is 14.6. The Balaban J connectivity index is 1.80. The molecule has 98 valence electrons. The highest BCUT2D eigenvalue weighted by atomic mass is 16.5. The molecule has 2 N–H and O–H groups in total. The van der Waals surface area contributed by atoms with E-state index in [9.17, 15) is 9.59 Å². The first-order valence-electron chi connectivity index (χ1n) is 6.24. The minimum Gasteiger partial charge on any atom is -0.481 e. The summed E-state index contributed by atoms with van der Waals surface area (Å²) in [6.45, 7) is 1.45. The summed E-state index contributed by atoms with van der Waals surface area (Å²) in [5.41, 5.74) is 0. The molecule has 0 spiro atoms. The van der Waals surface area contributed by atoms with Crippen molar-refractivity contribution in [1.82, 2.24) is 5.32 Å². The van der Waals surface area contributed by atoms with E-state index in [4.69, 9.17) is 9.84 Å². The molecule has 1 saturated carbocycles. The van der Waals surface area contributed by atoms with E-state index in [1.807, 2.05) is 0 Å². The first-order valence-corrected chi connectivity index (χ1v) is 6.24. The summed E-state index contributed by atoms with van der Waals surface area (Å²) >= 11 is 0. The quantitative estimate of drug-likeness (QED) is 0.565. The van der Waals surface area contributed by atoms with Gasteiger partial charge in [0.25, 0.3) is 0 Å². The van der Waals surface area contributed by atoms with Gasteiger partial charge in [-0.15, -0.1) is 0 Å². The van der Waals surface area contributed by atoms with Gasteiger partial charge in [0.05, 0.1) is 6.61 Å². The molecule has 0 radical (unpaired) electrons. The van der Waals surface area contributed by atoms with Crippen LogP contribution in [0.3, 0.4) is 0 Å². The topological polar surface area (TPSA) is 75.6 Å². The molecule has 0 heterocycles. The SMILES string of the molecule is O=C(O)CCCCCNC(=O)COCC1CC1. The van der Waals surface area contributed by atoms with E-state index in [-0.39, 0.29) is 18.9 Å². The van der Waals surface area contributed by atoms with Crippen LogP contribution in [0.4, 0.5) is 0 Å². The van der Waals surface area contributed by atoms with Gasteiger partial charge in [0, 0.05) is 13.0 Å². The molecular weight excluding hydrogens is 222 g/mol. The molecule has 0 atom stereocenters. The van der Waals surface area contributed by atoms with Crippen molar-refractivity contribution in [2.45, 2.75) is 38.5 Å². The highest BCUT2D eigenvalue weighted by Gasteiger charge is 2.21. The molecule has 0 saturated heterocycles. The van der Waals surface area contributed by atoms with Crippen LogP contribution >= 0.6 is 0 Å². The fourth-order valence-electron chi connectivity index (χ4n) is 1.46. The van der Waals surface area contributed by atoms with Crippen LogP contribution in [-0.4, -0.2) is 36.7 Å². The first-order chi connectivity index (χ1) is 8.18. The molecule has 1 rings (SSSR count). The van der Waals surface area contributed by atoms with Crippen LogP contribution in [-0.2, 0) is 14.3 Å². The molecule has 5 nitrogen and oxygen atoms in total. The third-order valence-corrected chi connectivity index (χ3v) is 2.67. The van der Waals surface area contributed by atoms with Gasteiger partial charge < -0.3 is 15.2 Å². The van der Waals surface area contributed by atoms with E-state index in [0.717, 1.165) is 12.8 Å². The van der Waals surface area contributed by atoms with Gasteiger partial charge in [-0.3, -0.25) is 9.59 Å². The van der Waals surface area contributed by atoms with Crippen molar-refractivity contribution in [2.75, 3.05) is 19.8 Å². The van der Waals surface area contributed by atoms with Crippen LogP contribution in [0.15, 0.2) is 0 Å². The molecule has 1 aliphatic carbocycles. The molecule has 1 fully saturated rings. The fraction of sp³-hybridized carbons (Fsp3) is 0.833. The van der Waals surface area contributed by atoms with E-state index < -0.39 is 5.97 Å². The standard InChI is InChI=1S/C12H21NO4/c14-11(9-17-8-10-5-6-10)13-7-3-1-2-4-12(15)16/h10H,1-9H2,(H,13,14)(H,15,16). The van der Waals surface area contributed by atoms with Gasteiger partial charge in [-0.25, -0.2) is 0 Å². The third kappa shape index (κ3) is 8.68. The third-order valence-electron chi connectivity index (χ3n) is 2.67. The Hall–Kier alpha value is -1.10. The predicted octanol–water partition coefficient (Wildman–Crippen LogP) is 1.17. The van der Waals surface area contributed by atoms with E-state index in [1.54, 1.807) is 0 Å². The van der Waals surface area contributed by atoms with Gasteiger partial charge in [-0.2, -0.15) is 0 Å². The summed E-state index contributed by atoms with van der Waals surface area (Å²) < 4.78 is 5.24. The summed E-state index contributed by atoms with van der Waals surface area (Å²) in [4.78, 5) is 21.5. The zero-order valence-corrected chi connectivity index (χ0v) is 10.1. The number of nitrogens with one attached hydrogen (secondary N) is 1. The van der Waals surface area contributed by atoms with Crippen molar-refractivity contribution in [3.05, 3.63) is 0 Å². The largest absolute Gasteiger partial charge is 0.481 e. The molecule has 0 unspecified atom stereocenters. The number of carbonyl (C=O) groups is 2. The number of carboxylic acids is 1. The number of hydrogen-bond acceptors (Lipinski definition) is 3. The number of amides is 1. The number of carbonyl (C=O) groups excluding carboxylic acids is 1. The fourth-order valence-corrected chi connectivity index (χ4v) is 1.46. The zero-order valence-electron chi connectivity index (χ0n) is 10.1. The van der Waals surface area contributed by atoms with Gasteiger partial charge in [0.2, 0.25) is 5.91 Å². The van der Waals surface area contributed by atoms with E-state index in [0.29, 0.717) is 25.5 Å². The van der Waals surface area contributed by atoms with Crippen molar-refractivity contribution in [3.8, 4) is 0 Å². The van der Waals surface area contributed by atoms with Crippen molar-refractivity contribution in [3.63, 3.8) is 0 Å². The summed E-state index contributed by atoms with van der Waals surface area (Å²) in [6.07, 6.45) is 4.98. The molecule has 0 aromatic carbocycles. The highest BCUT2D eigenvalue weighted by molar-refractivity contribution is 5.77. The van der Waals surface area contributed by atoms with Crippen LogP contribution in [0.25, 0.3) is 0 Å². The summed E-state index contributed by atoms with van der Waals surface area (Å²) in [6, 6.07) is 0. The van der Waals surface area contributed by atoms with E-state index >= 15 is 0 Å². The lowest BCUT2D eigenvalue weighted by Crippen LogP contribution is -2.28. The minimum absolute atomic E-state index is 0.0797. The van der Waals surface area contributed by atoms with Gasteiger partial charge in [-0.05, 0) is 31.6 Å². The number of ether oxygens (including phenoxy) is 1. The maximum atomic E-state index is 11.3. The monoisotopic (exact) mass is 243 g/mol. The molecule has 0 aromatic rings. The second kappa shape index (κ2) is 8.06. The van der Waals surface area contributed by atoms with Gasteiger partial charge in [-0.1, -0.05) is 6.42 Å². The maximum absolute atomic E-state index is 11.3. The molecule has 17 heavy (non-hydrogen) atoms. The van der Waals surface area contributed by atoms with Gasteiger partial charge >= 0.3 is 5.97 Å². The van der Waals surface area contributed by atoms with E-state index in [2.05, 4.69) is 5.32 Å². The van der Waals surface area contributed by atoms with Crippen molar-refractivity contribution >= 4 is 11.9 Å². The average Bonchev–Trinajstić information content (AvgIpc) is 3.06. The van der Waals surface area contributed by atoms with E-state index in [1.165, 1.54) is 12.8 Å². The second-order valence-electron chi connectivity index (χ2n) is 4.51. The highest BCUT2D eigenvalue weighted by Crippen LogP contribution is 2.28. The van der Waals surface area contributed by atoms with Crippen molar-refractivity contribution < 1.29 is 19.4 Å². The van der Waals surface area contributed by atoms with Crippen molar-refractivity contribution in [2.24, 2.45) is 5.92 Å². The first kappa shape index (κ1) is 14.0.